The molecule has 0 aliphatic heterocycles. The van der Waals surface area contributed by atoms with Crippen molar-refractivity contribution < 1.29 is 15.0 Å². The van der Waals surface area contributed by atoms with Crippen LogP contribution in [-0.2, 0) is 0 Å². The number of benzene rings is 2. The number of carbonyl (C=O) groups is 1. The van der Waals surface area contributed by atoms with E-state index in [1.165, 1.54) is 24.4 Å². The maximum atomic E-state index is 11.8. The summed E-state index contributed by atoms with van der Waals surface area (Å²) in [6.45, 7) is 1.93. The molecule has 20 heavy (non-hydrogen) atoms. The van der Waals surface area contributed by atoms with Crippen LogP contribution in [0.5, 0.6) is 11.5 Å². The van der Waals surface area contributed by atoms with Crippen molar-refractivity contribution in [2.24, 2.45) is 5.10 Å². The zero-order valence-corrected chi connectivity index (χ0v) is 10.9. The number of rotatable bonds is 3. The van der Waals surface area contributed by atoms with Gasteiger partial charge in [-0.25, -0.2) is 5.43 Å². The van der Waals surface area contributed by atoms with E-state index in [0.717, 1.165) is 11.1 Å². The summed E-state index contributed by atoms with van der Waals surface area (Å²) in [5, 5.41) is 22.7. The van der Waals surface area contributed by atoms with Gasteiger partial charge in [-0.1, -0.05) is 24.3 Å². The number of aryl methyl sites for hydroxylation is 1. The molecule has 2 aromatic carbocycles. The fourth-order valence-electron chi connectivity index (χ4n) is 1.66. The Morgan fingerprint density at radius 2 is 1.95 bits per heavy atom. The first-order valence-corrected chi connectivity index (χ1v) is 5.99. The highest BCUT2D eigenvalue weighted by Gasteiger charge is 2.10. The zero-order valence-electron chi connectivity index (χ0n) is 10.9. The lowest BCUT2D eigenvalue weighted by Gasteiger charge is -2.03. The molecule has 0 bridgehead atoms. The number of amides is 1. The van der Waals surface area contributed by atoms with Crippen LogP contribution in [0.25, 0.3) is 0 Å². The summed E-state index contributed by atoms with van der Waals surface area (Å²) in [4.78, 5) is 11.8. The third-order valence-electron chi connectivity index (χ3n) is 2.78. The zero-order chi connectivity index (χ0) is 14.5. The van der Waals surface area contributed by atoms with Crippen LogP contribution >= 0.6 is 0 Å². The Hall–Kier alpha value is -2.82. The smallest absolute Gasteiger partial charge is 0.275 e. The molecule has 0 aromatic heterocycles. The van der Waals surface area contributed by atoms with Gasteiger partial charge in [0.05, 0.1) is 11.8 Å². The number of carbonyl (C=O) groups excluding carboxylic acids is 1. The SMILES string of the molecule is Cc1ccccc1/C=N\NC(=O)c1cc(O)ccc1O. The minimum atomic E-state index is -0.594. The molecule has 1 amide bonds. The van der Waals surface area contributed by atoms with E-state index >= 15 is 0 Å². The average Bonchev–Trinajstić information content (AvgIpc) is 2.43. The number of aromatic hydroxyl groups is 2. The van der Waals surface area contributed by atoms with Gasteiger partial charge < -0.3 is 10.2 Å². The van der Waals surface area contributed by atoms with Gasteiger partial charge >= 0.3 is 0 Å². The second-order valence-electron chi connectivity index (χ2n) is 4.26. The fraction of sp³-hybridized carbons (Fsp3) is 0.0667. The summed E-state index contributed by atoms with van der Waals surface area (Å²) < 4.78 is 0. The minimum Gasteiger partial charge on any atom is -0.508 e. The van der Waals surface area contributed by atoms with E-state index in [2.05, 4.69) is 10.5 Å². The summed E-state index contributed by atoms with van der Waals surface area (Å²) >= 11 is 0. The summed E-state index contributed by atoms with van der Waals surface area (Å²) in [5.41, 5.74) is 4.18. The number of hydrogen-bond donors (Lipinski definition) is 3. The Kier molecular flexibility index (Phi) is 4.00. The van der Waals surface area contributed by atoms with Gasteiger partial charge in [0.15, 0.2) is 0 Å². The quantitative estimate of drug-likeness (QED) is 0.454. The Morgan fingerprint density at radius 1 is 1.20 bits per heavy atom. The fourth-order valence-corrected chi connectivity index (χ4v) is 1.66. The summed E-state index contributed by atoms with van der Waals surface area (Å²) in [7, 11) is 0. The van der Waals surface area contributed by atoms with Crippen LogP contribution in [0, 0.1) is 6.92 Å². The summed E-state index contributed by atoms with van der Waals surface area (Å²) in [5.74, 6) is -0.912. The Bertz CT molecular complexity index is 666. The van der Waals surface area contributed by atoms with Gasteiger partial charge in [-0.2, -0.15) is 5.10 Å². The minimum absolute atomic E-state index is 0.0352. The first-order chi connectivity index (χ1) is 9.58. The number of hydrazone groups is 1. The van der Waals surface area contributed by atoms with E-state index in [4.69, 9.17) is 0 Å². The third kappa shape index (κ3) is 3.14. The molecule has 2 aromatic rings. The van der Waals surface area contributed by atoms with Crippen molar-refractivity contribution in [1.29, 1.82) is 0 Å². The Morgan fingerprint density at radius 3 is 2.70 bits per heavy atom. The van der Waals surface area contributed by atoms with Crippen LogP contribution in [0.15, 0.2) is 47.6 Å². The van der Waals surface area contributed by atoms with E-state index in [9.17, 15) is 15.0 Å². The first-order valence-electron chi connectivity index (χ1n) is 5.99. The van der Waals surface area contributed by atoms with Crippen LogP contribution in [0.1, 0.15) is 21.5 Å². The number of phenolic OH excluding ortho intramolecular Hbond substituents is 2. The second-order valence-corrected chi connectivity index (χ2v) is 4.26. The molecule has 5 heteroatoms. The Balaban J connectivity index is 2.09. The van der Waals surface area contributed by atoms with Crippen LogP contribution in [0.4, 0.5) is 0 Å². The maximum Gasteiger partial charge on any atom is 0.275 e. The van der Waals surface area contributed by atoms with E-state index in [0.29, 0.717) is 0 Å². The highest BCUT2D eigenvalue weighted by Crippen LogP contribution is 2.21. The van der Waals surface area contributed by atoms with Crippen LogP contribution in [-0.4, -0.2) is 22.3 Å². The highest BCUT2D eigenvalue weighted by atomic mass is 16.3. The number of nitrogens with zero attached hydrogens (tertiary/aromatic N) is 1. The van der Waals surface area contributed by atoms with Crippen molar-refractivity contribution in [1.82, 2.24) is 5.43 Å². The van der Waals surface area contributed by atoms with Crippen molar-refractivity contribution in [2.45, 2.75) is 6.92 Å². The molecule has 0 unspecified atom stereocenters. The molecule has 0 atom stereocenters. The number of hydrogen-bond acceptors (Lipinski definition) is 4. The molecule has 0 heterocycles. The maximum absolute atomic E-state index is 11.8. The van der Waals surface area contributed by atoms with Gasteiger partial charge in [0.1, 0.15) is 11.5 Å². The number of phenols is 2. The van der Waals surface area contributed by atoms with E-state index < -0.39 is 5.91 Å². The summed E-state index contributed by atoms with van der Waals surface area (Å²) in [6, 6.07) is 11.3. The molecule has 2 rings (SSSR count). The number of nitrogens with one attached hydrogen (secondary N) is 1. The molecule has 0 spiro atoms. The van der Waals surface area contributed by atoms with Crippen molar-refractivity contribution >= 4 is 12.1 Å². The molecule has 0 aliphatic carbocycles. The van der Waals surface area contributed by atoms with Gasteiger partial charge in [-0.15, -0.1) is 0 Å². The molecular weight excluding hydrogens is 256 g/mol. The average molecular weight is 270 g/mol. The predicted octanol–water partition coefficient (Wildman–Crippen LogP) is 2.17. The molecule has 0 saturated carbocycles. The molecule has 0 saturated heterocycles. The molecule has 0 aliphatic rings. The van der Waals surface area contributed by atoms with Gasteiger partial charge in [0, 0.05) is 0 Å². The van der Waals surface area contributed by atoms with Gasteiger partial charge in [0.25, 0.3) is 5.91 Å². The monoisotopic (exact) mass is 270 g/mol. The normalized spacial score (nSPS) is 10.7. The van der Waals surface area contributed by atoms with Gasteiger partial charge in [0.2, 0.25) is 0 Å². The first kappa shape index (κ1) is 13.6. The lowest BCUT2D eigenvalue weighted by Crippen LogP contribution is -2.17. The van der Waals surface area contributed by atoms with Crippen LogP contribution < -0.4 is 5.43 Å². The van der Waals surface area contributed by atoms with E-state index in [-0.39, 0.29) is 17.1 Å². The molecule has 0 radical (unpaired) electrons. The predicted molar refractivity (Wildman–Crippen MR) is 76.0 cm³/mol. The topological polar surface area (TPSA) is 81.9 Å². The Labute approximate surface area is 116 Å². The molecular formula is C15H14N2O3. The van der Waals surface area contributed by atoms with E-state index in [1.54, 1.807) is 0 Å². The van der Waals surface area contributed by atoms with Crippen LogP contribution in [0.2, 0.25) is 0 Å². The molecule has 3 N–H and O–H groups in total. The molecule has 0 fully saturated rings. The molecule has 102 valence electrons. The standard InChI is InChI=1S/C15H14N2O3/c1-10-4-2-3-5-11(10)9-16-17-15(20)13-8-12(18)6-7-14(13)19/h2-9,18-19H,1H3,(H,17,20)/b16-9-. The van der Waals surface area contributed by atoms with E-state index in [1.807, 2.05) is 31.2 Å². The summed E-state index contributed by atoms with van der Waals surface area (Å²) in [6.07, 6.45) is 1.52. The van der Waals surface area contributed by atoms with Crippen molar-refractivity contribution in [3.63, 3.8) is 0 Å². The third-order valence-corrected chi connectivity index (χ3v) is 2.78. The molecule has 5 nitrogen and oxygen atoms in total. The second kappa shape index (κ2) is 5.88. The van der Waals surface area contributed by atoms with Gasteiger partial charge in [-0.3, -0.25) is 4.79 Å². The van der Waals surface area contributed by atoms with Crippen molar-refractivity contribution in [2.75, 3.05) is 0 Å². The van der Waals surface area contributed by atoms with Crippen molar-refractivity contribution in [3.05, 3.63) is 59.2 Å². The van der Waals surface area contributed by atoms with Gasteiger partial charge in [-0.05, 0) is 36.2 Å². The highest BCUT2D eigenvalue weighted by molar-refractivity contribution is 5.97. The lowest BCUT2D eigenvalue weighted by atomic mass is 10.1. The largest absolute Gasteiger partial charge is 0.508 e. The lowest BCUT2D eigenvalue weighted by molar-refractivity contribution is 0.0952. The van der Waals surface area contributed by atoms with Crippen molar-refractivity contribution in [3.8, 4) is 11.5 Å². The van der Waals surface area contributed by atoms with Crippen LogP contribution in [0.3, 0.4) is 0 Å².